The Morgan fingerprint density at radius 3 is 2.27 bits per heavy atom. The second-order valence-electron chi connectivity index (χ2n) is 2.57. The molecule has 0 fully saturated rings. The van der Waals surface area contributed by atoms with E-state index in [1.165, 1.54) is 0 Å². The largest absolute Gasteiger partial charge is 0.304 e. The normalized spacial score (nSPS) is 10.9. The SMILES string of the molecule is CCN(CC)CCCCOO. The van der Waals surface area contributed by atoms with Gasteiger partial charge in [-0.2, -0.15) is 0 Å². The minimum atomic E-state index is 0.460. The van der Waals surface area contributed by atoms with E-state index in [4.69, 9.17) is 5.26 Å². The summed E-state index contributed by atoms with van der Waals surface area (Å²) in [6.45, 7) is 8.10. The molecule has 1 N–H and O–H groups in total. The molecule has 0 saturated carbocycles. The molecule has 68 valence electrons. The molecule has 11 heavy (non-hydrogen) atoms. The molecule has 0 heterocycles. The molecule has 0 atom stereocenters. The van der Waals surface area contributed by atoms with Crippen LogP contribution in [-0.2, 0) is 4.89 Å². The van der Waals surface area contributed by atoms with E-state index in [0.717, 1.165) is 32.5 Å². The molecule has 0 aliphatic heterocycles. The molecular formula is C8H19NO2. The van der Waals surface area contributed by atoms with Crippen molar-refractivity contribution in [2.75, 3.05) is 26.2 Å². The van der Waals surface area contributed by atoms with E-state index in [1.807, 2.05) is 0 Å². The highest BCUT2D eigenvalue weighted by Crippen LogP contribution is 1.94. The lowest BCUT2D eigenvalue weighted by Gasteiger charge is -2.16. The van der Waals surface area contributed by atoms with E-state index in [2.05, 4.69) is 23.6 Å². The molecule has 3 heteroatoms. The van der Waals surface area contributed by atoms with Crippen LogP contribution in [0, 0.1) is 0 Å². The van der Waals surface area contributed by atoms with Gasteiger partial charge in [-0.05, 0) is 32.5 Å². The van der Waals surface area contributed by atoms with E-state index in [0.29, 0.717) is 6.61 Å². The molecule has 0 aromatic heterocycles. The standard InChI is InChI=1S/C8H19NO2/c1-3-9(4-2)7-5-6-8-11-10/h10H,3-8H2,1-2H3. The molecule has 0 unspecified atom stereocenters. The number of hydrogen-bond donors (Lipinski definition) is 1. The smallest absolute Gasteiger partial charge is 0.0820 e. The van der Waals surface area contributed by atoms with Crippen LogP contribution in [0.25, 0.3) is 0 Å². The van der Waals surface area contributed by atoms with Crippen LogP contribution in [0.15, 0.2) is 0 Å². The molecule has 0 spiro atoms. The molecule has 0 aromatic carbocycles. The highest BCUT2D eigenvalue weighted by Gasteiger charge is 1.97. The third-order valence-electron chi connectivity index (χ3n) is 1.85. The van der Waals surface area contributed by atoms with Crippen molar-refractivity contribution in [2.45, 2.75) is 26.7 Å². The maximum absolute atomic E-state index is 8.03. The fourth-order valence-corrected chi connectivity index (χ4v) is 1.04. The average Bonchev–Trinajstić information content (AvgIpc) is 2.05. The third-order valence-corrected chi connectivity index (χ3v) is 1.85. The lowest BCUT2D eigenvalue weighted by atomic mass is 10.3. The summed E-state index contributed by atoms with van der Waals surface area (Å²) in [5.74, 6) is 0. The lowest BCUT2D eigenvalue weighted by molar-refractivity contribution is -0.242. The van der Waals surface area contributed by atoms with Crippen molar-refractivity contribution in [3.05, 3.63) is 0 Å². The summed E-state index contributed by atoms with van der Waals surface area (Å²) < 4.78 is 0. The lowest BCUT2D eigenvalue weighted by Crippen LogP contribution is -2.24. The monoisotopic (exact) mass is 161 g/mol. The number of rotatable bonds is 7. The predicted molar refractivity (Wildman–Crippen MR) is 45.6 cm³/mol. The summed E-state index contributed by atoms with van der Waals surface area (Å²) in [7, 11) is 0. The summed E-state index contributed by atoms with van der Waals surface area (Å²) in [4.78, 5) is 6.33. The second-order valence-corrected chi connectivity index (χ2v) is 2.57. The van der Waals surface area contributed by atoms with Crippen molar-refractivity contribution in [1.29, 1.82) is 0 Å². The van der Waals surface area contributed by atoms with Crippen molar-refractivity contribution in [2.24, 2.45) is 0 Å². The van der Waals surface area contributed by atoms with Crippen molar-refractivity contribution < 1.29 is 10.1 Å². The summed E-state index contributed by atoms with van der Waals surface area (Å²) in [6.07, 6.45) is 2.04. The summed E-state index contributed by atoms with van der Waals surface area (Å²) in [5, 5.41) is 8.03. The molecular weight excluding hydrogens is 142 g/mol. The maximum atomic E-state index is 8.03. The molecule has 0 bridgehead atoms. The van der Waals surface area contributed by atoms with E-state index < -0.39 is 0 Å². The van der Waals surface area contributed by atoms with Crippen molar-refractivity contribution in [1.82, 2.24) is 4.90 Å². The Morgan fingerprint density at radius 1 is 1.18 bits per heavy atom. The van der Waals surface area contributed by atoms with E-state index in [1.54, 1.807) is 0 Å². The first kappa shape index (κ1) is 10.9. The minimum Gasteiger partial charge on any atom is -0.304 e. The first-order valence-electron chi connectivity index (χ1n) is 4.33. The first-order chi connectivity index (χ1) is 5.35. The van der Waals surface area contributed by atoms with E-state index in [-0.39, 0.29) is 0 Å². The van der Waals surface area contributed by atoms with E-state index in [9.17, 15) is 0 Å². The molecule has 0 amide bonds. The third kappa shape index (κ3) is 6.28. The van der Waals surface area contributed by atoms with Crippen LogP contribution >= 0.6 is 0 Å². The van der Waals surface area contributed by atoms with Crippen LogP contribution in [0.4, 0.5) is 0 Å². The van der Waals surface area contributed by atoms with Crippen LogP contribution in [0.3, 0.4) is 0 Å². The Balaban J connectivity index is 3.07. The first-order valence-corrected chi connectivity index (χ1v) is 4.33. The van der Waals surface area contributed by atoms with Crippen molar-refractivity contribution in [3.63, 3.8) is 0 Å². The van der Waals surface area contributed by atoms with Gasteiger partial charge in [-0.15, -0.1) is 0 Å². The average molecular weight is 161 g/mol. The molecule has 0 radical (unpaired) electrons. The van der Waals surface area contributed by atoms with Gasteiger partial charge in [-0.1, -0.05) is 13.8 Å². The fourth-order valence-electron chi connectivity index (χ4n) is 1.04. The summed E-state index contributed by atoms with van der Waals surface area (Å²) in [5.41, 5.74) is 0. The molecule has 3 nitrogen and oxygen atoms in total. The summed E-state index contributed by atoms with van der Waals surface area (Å²) in [6, 6.07) is 0. The Morgan fingerprint density at radius 2 is 1.82 bits per heavy atom. The highest BCUT2D eigenvalue weighted by molar-refractivity contribution is 4.51. The summed E-state index contributed by atoms with van der Waals surface area (Å²) >= 11 is 0. The Kier molecular flexibility index (Phi) is 7.89. The number of nitrogens with zero attached hydrogens (tertiary/aromatic N) is 1. The number of hydrogen-bond acceptors (Lipinski definition) is 3. The Hall–Kier alpha value is -0.120. The van der Waals surface area contributed by atoms with Gasteiger partial charge >= 0.3 is 0 Å². The van der Waals surface area contributed by atoms with Gasteiger partial charge in [0.15, 0.2) is 0 Å². The van der Waals surface area contributed by atoms with Gasteiger partial charge in [0.1, 0.15) is 0 Å². The molecule has 0 aromatic rings. The minimum absolute atomic E-state index is 0.460. The van der Waals surface area contributed by atoms with Gasteiger partial charge in [0.2, 0.25) is 0 Å². The van der Waals surface area contributed by atoms with Gasteiger partial charge in [-0.3, -0.25) is 5.26 Å². The van der Waals surface area contributed by atoms with Gasteiger partial charge < -0.3 is 4.90 Å². The fraction of sp³-hybridized carbons (Fsp3) is 1.00. The molecule has 0 rings (SSSR count). The van der Waals surface area contributed by atoms with Gasteiger partial charge in [0.05, 0.1) is 6.61 Å². The van der Waals surface area contributed by atoms with Crippen molar-refractivity contribution in [3.8, 4) is 0 Å². The van der Waals surface area contributed by atoms with Crippen LogP contribution in [0.2, 0.25) is 0 Å². The highest BCUT2D eigenvalue weighted by atomic mass is 17.1. The van der Waals surface area contributed by atoms with Crippen LogP contribution in [0.5, 0.6) is 0 Å². The van der Waals surface area contributed by atoms with Crippen LogP contribution in [0.1, 0.15) is 26.7 Å². The molecule has 0 aliphatic carbocycles. The second kappa shape index (κ2) is 7.98. The van der Waals surface area contributed by atoms with Gasteiger partial charge in [-0.25, -0.2) is 4.89 Å². The number of unbranched alkanes of at least 4 members (excludes halogenated alkanes) is 1. The zero-order valence-electron chi connectivity index (χ0n) is 7.55. The predicted octanol–water partition coefficient (Wildman–Crippen LogP) is 1.60. The van der Waals surface area contributed by atoms with Crippen molar-refractivity contribution >= 4 is 0 Å². The molecule has 0 aliphatic rings. The topological polar surface area (TPSA) is 32.7 Å². The van der Waals surface area contributed by atoms with Crippen LogP contribution in [-0.4, -0.2) is 36.4 Å². The molecule has 0 saturated heterocycles. The zero-order chi connectivity index (χ0) is 8.53. The Bertz CT molecular complexity index is 74.5. The maximum Gasteiger partial charge on any atom is 0.0820 e. The zero-order valence-corrected chi connectivity index (χ0v) is 7.55. The van der Waals surface area contributed by atoms with E-state index >= 15 is 0 Å². The Labute approximate surface area is 68.9 Å². The van der Waals surface area contributed by atoms with Gasteiger partial charge in [0.25, 0.3) is 0 Å². The quantitative estimate of drug-likeness (QED) is 0.350. The van der Waals surface area contributed by atoms with Crippen LogP contribution < -0.4 is 0 Å². The van der Waals surface area contributed by atoms with Gasteiger partial charge in [0, 0.05) is 0 Å².